The molecule has 1 aromatic heterocycles. The van der Waals surface area contributed by atoms with Gasteiger partial charge in [0, 0.05) is 11.3 Å². The summed E-state index contributed by atoms with van der Waals surface area (Å²) in [6.45, 7) is 6.14. The van der Waals surface area contributed by atoms with Crippen molar-refractivity contribution in [2.45, 2.75) is 27.2 Å². The number of nitrogens with zero attached hydrogens (tertiary/aromatic N) is 1. The first-order chi connectivity index (χ1) is 8.19. The van der Waals surface area contributed by atoms with Crippen LogP contribution in [0.1, 0.15) is 23.7 Å². The minimum absolute atomic E-state index is 0.719. The molecule has 0 fully saturated rings. The van der Waals surface area contributed by atoms with Gasteiger partial charge in [0.2, 0.25) is 5.88 Å². The fourth-order valence-electron chi connectivity index (χ4n) is 1.64. The molecule has 0 amide bonds. The van der Waals surface area contributed by atoms with E-state index in [4.69, 9.17) is 4.74 Å². The number of rotatable bonds is 3. The van der Waals surface area contributed by atoms with Crippen molar-refractivity contribution in [2.75, 3.05) is 0 Å². The van der Waals surface area contributed by atoms with Crippen LogP contribution in [-0.2, 0) is 6.42 Å². The molecule has 0 bridgehead atoms. The first kappa shape index (κ1) is 11.6. The summed E-state index contributed by atoms with van der Waals surface area (Å²) < 4.78 is 5.83. The van der Waals surface area contributed by atoms with Crippen molar-refractivity contribution >= 4 is 0 Å². The van der Waals surface area contributed by atoms with Gasteiger partial charge in [-0.1, -0.05) is 30.7 Å². The van der Waals surface area contributed by atoms with Crippen molar-refractivity contribution in [1.82, 2.24) is 4.98 Å². The predicted molar refractivity (Wildman–Crippen MR) is 69.6 cm³/mol. The molecule has 0 aliphatic heterocycles. The molecule has 1 aromatic carbocycles. The summed E-state index contributed by atoms with van der Waals surface area (Å²) in [5.74, 6) is 1.56. The molecule has 0 saturated carbocycles. The summed E-state index contributed by atoms with van der Waals surface area (Å²) in [7, 11) is 0. The van der Waals surface area contributed by atoms with Gasteiger partial charge in [-0.3, -0.25) is 0 Å². The van der Waals surface area contributed by atoms with Crippen LogP contribution in [0.2, 0.25) is 0 Å². The zero-order chi connectivity index (χ0) is 12.3. The van der Waals surface area contributed by atoms with Crippen LogP contribution >= 0.6 is 0 Å². The van der Waals surface area contributed by atoms with Crippen molar-refractivity contribution in [3.8, 4) is 11.6 Å². The van der Waals surface area contributed by atoms with E-state index in [-0.39, 0.29) is 0 Å². The maximum absolute atomic E-state index is 5.83. The number of aryl methyl sites for hydroxylation is 3. The van der Waals surface area contributed by atoms with Crippen molar-refractivity contribution in [3.63, 3.8) is 0 Å². The van der Waals surface area contributed by atoms with Crippen molar-refractivity contribution in [2.24, 2.45) is 0 Å². The van der Waals surface area contributed by atoms with Gasteiger partial charge in [0.05, 0.1) is 0 Å². The summed E-state index contributed by atoms with van der Waals surface area (Å²) in [4.78, 5) is 4.44. The number of benzene rings is 1. The Morgan fingerprint density at radius 2 is 1.71 bits per heavy atom. The number of aromatic nitrogens is 1. The zero-order valence-corrected chi connectivity index (χ0v) is 10.5. The fourth-order valence-corrected chi connectivity index (χ4v) is 1.64. The molecule has 0 spiro atoms. The second kappa shape index (κ2) is 5.00. The van der Waals surface area contributed by atoms with E-state index < -0.39 is 0 Å². The molecule has 0 radical (unpaired) electrons. The fraction of sp³-hybridized carbons (Fsp3) is 0.267. The molecule has 2 heteroatoms. The van der Waals surface area contributed by atoms with Crippen molar-refractivity contribution in [3.05, 3.63) is 53.2 Å². The van der Waals surface area contributed by atoms with E-state index in [2.05, 4.69) is 24.9 Å². The predicted octanol–water partition coefficient (Wildman–Crippen LogP) is 4.05. The topological polar surface area (TPSA) is 22.1 Å². The SMILES string of the molecule is CCc1ccc(C)nc1Oc1ccc(C)cc1. The van der Waals surface area contributed by atoms with Gasteiger partial charge in [-0.05, 0) is 38.5 Å². The highest BCUT2D eigenvalue weighted by Gasteiger charge is 2.05. The molecule has 0 aliphatic carbocycles. The van der Waals surface area contributed by atoms with Gasteiger partial charge in [0.1, 0.15) is 5.75 Å². The van der Waals surface area contributed by atoms with Gasteiger partial charge in [0.25, 0.3) is 0 Å². The summed E-state index contributed by atoms with van der Waals surface area (Å²) >= 11 is 0. The molecule has 1 heterocycles. The molecule has 88 valence electrons. The third-order valence-electron chi connectivity index (χ3n) is 2.69. The average Bonchev–Trinajstić information content (AvgIpc) is 2.32. The maximum atomic E-state index is 5.83. The van der Waals surface area contributed by atoms with E-state index in [0.29, 0.717) is 0 Å². The lowest BCUT2D eigenvalue weighted by molar-refractivity contribution is 0.455. The maximum Gasteiger partial charge on any atom is 0.222 e. The molecule has 17 heavy (non-hydrogen) atoms. The third-order valence-corrected chi connectivity index (χ3v) is 2.69. The van der Waals surface area contributed by atoms with E-state index in [1.807, 2.05) is 37.3 Å². The molecular formula is C15H17NO. The van der Waals surface area contributed by atoms with Crippen LogP contribution in [-0.4, -0.2) is 4.98 Å². The highest BCUT2D eigenvalue weighted by atomic mass is 16.5. The van der Waals surface area contributed by atoms with Crippen LogP contribution in [0.3, 0.4) is 0 Å². The first-order valence-electron chi connectivity index (χ1n) is 5.90. The van der Waals surface area contributed by atoms with Crippen LogP contribution in [0.5, 0.6) is 11.6 Å². The van der Waals surface area contributed by atoms with E-state index in [1.165, 1.54) is 5.56 Å². The summed E-state index contributed by atoms with van der Waals surface area (Å²) in [6, 6.07) is 12.1. The molecule has 2 aromatic rings. The summed E-state index contributed by atoms with van der Waals surface area (Å²) in [5, 5.41) is 0. The second-order valence-electron chi connectivity index (χ2n) is 4.19. The Morgan fingerprint density at radius 1 is 1.00 bits per heavy atom. The molecule has 0 unspecified atom stereocenters. The molecular weight excluding hydrogens is 210 g/mol. The number of hydrogen-bond donors (Lipinski definition) is 0. The van der Waals surface area contributed by atoms with Crippen LogP contribution in [0.25, 0.3) is 0 Å². The van der Waals surface area contributed by atoms with Gasteiger partial charge >= 0.3 is 0 Å². The Kier molecular flexibility index (Phi) is 3.43. The molecule has 0 N–H and O–H groups in total. The minimum atomic E-state index is 0.719. The molecule has 0 aliphatic rings. The van der Waals surface area contributed by atoms with Gasteiger partial charge in [-0.25, -0.2) is 4.98 Å². The van der Waals surface area contributed by atoms with Gasteiger partial charge < -0.3 is 4.74 Å². The van der Waals surface area contributed by atoms with Crippen LogP contribution in [0.15, 0.2) is 36.4 Å². The molecule has 2 nitrogen and oxygen atoms in total. The van der Waals surface area contributed by atoms with E-state index in [1.54, 1.807) is 0 Å². The highest BCUT2D eigenvalue weighted by molar-refractivity contribution is 5.34. The minimum Gasteiger partial charge on any atom is -0.439 e. The average molecular weight is 227 g/mol. The first-order valence-corrected chi connectivity index (χ1v) is 5.90. The van der Waals surface area contributed by atoms with Crippen LogP contribution in [0.4, 0.5) is 0 Å². The Hall–Kier alpha value is -1.83. The monoisotopic (exact) mass is 227 g/mol. The van der Waals surface area contributed by atoms with E-state index >= 15 is 0 Å². The quantitative estimate of drug-likeness (QED) is 0.789. The smallest absolute Gasteiger partial charge is 0.222 e. The molecule has 2 rings (SSSR count). The lowest BCUT2D eigenvalue weighted by Gasteiger charge is -2.09. The van der Waals surface area contributed by atoms with E-state index in [0.717, 1.165) is 29.3 Å². The highest BCUT2D eigenvalue weighted by Crippen LogP contribution is 2.24. The Bertz CT molecular complexity index is 503. The number of pyridine rings is 1. The lowest BCUT2D eigenvalue weighted by atomic mass is 10.2. The van der Waals surface area contributed by atoms with Crippen molar-refractivity contribution < 1.29 is 4.74 Å². The number of hydrogen-bond acceptors (Lipinski definition) is 2. The summed E-state index contributed by atoms with van der Waals surface area (Å²) in [6.07, 6.45) is 0.925. The van der Waals surface area contributed by atoms with Crippen LogP contribution in [0, 0.1) is 13.8 Å². The molecule has 0 atom stereocenters. The largest absolute Gasteiger partial charge is 0.439 e. The van der Waals surface area contributed by atoms with Gasteiger partial charge in [-0.15, -0.1) is 0 Å². The number of ether oxygens (including phenoxy) is 1. The third kappa shape index (κ3) is 2.84. The Morgan fingerprint density at radius 3 is 2.35 bits per heavy atom. The van der Waals surface area contributed by atoms with E-state index in [9.17, 15) is 0 Å². The second-order valence-corrected chi connectivity index (χ2v) is 4.19. The standard InChI is InChI=1S/C15H17NO/c1-4-13-8-7-12(3)16-15(13)17-14-9-5-11(2)6-10-14/h5-10H,4H2,1-3H3. The lowest BCUT2D eigenvalue weighted by Crippen LogP contribution is -1.95. The van der Waals surface area contributed by atoms with Gasteiger partial charge in [-0.2, -0.15) is 0 Å². The normalized spacial score (nSPS) is 10.3. The summed E-state index contributed by atoms with van der Waals surface area (Å²) in [5.41, 5.74) is 3.34. The van der Waals surface area contributed by atoms with Crippen LogP contribution < -0.4 is 4.74 Å². The van der Waals surface area contributed by atoms with Crippen molar-refractivity contribution in [1.29, 1.82) is 0 Å². The Labute approximate surface area is 102 Å². The molecule has 0 saturated heterocycles. The zero-order valence-electron chi connectivity index (χ0n) is 10.5. The van der Waals surface area contributed by atoms with Gasteiger partial charge in [0.15, 0.2) is 0 Å². The Balaban J connectivity index is 2.28.